The zero-order valence-corrected chi connectivity index (χ0v) is 26.4. The largest absolute Gasteiger partial charge is 0.497 e. The maximum atomic E-state index is 11.0. The van der Waals surface area contributed by atoms with E-state index >= 15 is 0 Å². The Balaban J connectivity index is 0.000000671. The van der Waals surface area contributed by atoms with Crippen LogP contribution in [-0.4, -0.2) is 91.4 Å². The molecule has 1 atom stereocenters. The number of methoxy groups -OCH3 is 1. The second-order valence-electron chi connectivity index (χ2n) is 9.82. The molecule has 6 N–H and O–H groups in total. The summed E-state index contributed by atoms with van der Waals surface area (Å²) in [6, 6.07) is 13.7. The smallest absolute Gasteiger partial charge is 0.356 e. The van der Waals surface area contributed by atoms with Gasteiger partial charge in [0.2, 0.25) is 5.91 Å². The van der Waals surface area contributed by atoms with Crippen LogP contribution in [0.2, 0.25) is 0 Å². The number of rotatable bonds is 19. The van der Waals surface area contributed by atoms with Gasteiger partial charge in [-0.25, -0.2) is 9.59 Å². The van der Waals surface area contributed by atoms with E-state index < -0.39 is 24.0 Å². The van der Waals surface area contributed by atoms with Crippen LogP contribution < -0.4 is 25.4 Å². The highest BCUT2D eigenvalue weighted by molar-refractivity contribution is 5.96. The first kappa shape index (κ1) is 40.5. The number of carboxylic acid groups (broad SMARTS) is 3. The van der Waals surface area contributed by atoms with Crippen molar-refractivity contribution in [3.8, 4) is 11.5 Å². The molecule has 0 saturated heterocycles. The van der Waals surface area contributed by atoms with E-state index in [2.05, 4.69) is 22.9 Å². The van der Waals surface area contributed by atoms with Crippen molar-refractivity contribution in [1.29, 1.82) is 0 Å². The van der Waals surface area contributed by atoms with E-state index in [9.17, 15) is 24.0 Å². The van der Waals surface area contributed by atoms with Crippen molar-refractivity contribution in [2.45, 2.75) is 64.5 Å². The zero-order chi connectivity index (χ0) is 34.0. The Morgan fingerprint density at radius 3 is 1.96 bits per heavy atom. The first-order chi connectivity index (χ1) is 21.5. The van der Waals surface area contributed by atoms with Gasteiger partial charge in [0.05, 0.1) is 19.7 Å². The Kier molecular flexibility index (Phi) is 22.4. The van der Waals surface area contributed by atoms with Gasteiger partial charge < -0.3 is 45.5 Å². The fraction of sp³-hybridized carbons (Fsp3) is 0.469. The predicted octanol–water partition coefficient (Wildman–Crippen LogP) is 2.68. The summed E-state index contributed by atoms with van der Waals surface area (Å²) in [4.78, 5) is 53.2. The predicted molar refractivity (Wildman–Crippen MR) is 169 cm³/mol. The maximum absolute atomic E-state index is 11.0. The Morgan fingerprint density at radius 2 is 1.47 bits per heavy atom. The van der Waals surface area contributed by atoms with Gasteiger partial charge in [-0.1, -0.05) is 49.6 Å². The Hall–Kier alpha value is -4.49. The SMILES string of the molecule is CCCCCNC(=O)CNC.COc1ccc(C[C@@H](C=O)NCCCC(=O)O)cc1.Cc1ccc(OC(C(=O)O)C(=O)O)cc1. The fourth-order valence-corrected chi connectivity index (χ4v) is 3.50. The first-order valence-corrected chi connectivity index (χ1v) is 14.6. The number of aryl methyl sites for hydroxylation is 1. The van der Waals surface area contributed by atoms with Gasteiger partial charge in [-0.2, -0.15) is 0 Å². The van der Waals surface area contributed by atoms with Crippen molar-refractivity contribution >= 4 is 30.1 Å². The van der Waals surface area contributed by atoms with Crippen LogP contribution in [0.1, 0.15) is 50.2 Å². The average molecular weight is 634 g/mol. The highest BCUT2D eigenvalue weighted by Crippen LogP contribution is 2.14. The molecule has 0 aliphatic heterocycles. The van der Waals surface area contributed by atoms with E-state index in [4.69, 9.17) is 24.8 Å². The summed E-state index contributed by atoms with van der Waals surface area (Å²) in [7, 11) is 3.37. The van der Waals surface area contributed by atoms with Crippen molar-refractivity contribution in [3.63, 3.8) is 0 Å². The number of benzene rings is 2. The lowest BCUT2D eigenvalue weighted by molar-refractivity contribution is -0.159. The highest BCUT2D eigenvalue weighted by Gasteiger charge is 2.27. The third kappa shape index (κ3) is 21.0. The van der Waals surface area contributed by atoms with Crippen LogP contribution in [0.3, 0.4) is 0 Å². The molecular weight excluding hydrogens is 586 g/mol. The number of hydrogen-bond donors (Lipinski definition) is 6. The highest BCUT2D eigenvalue weighted by atomic mass is 16.5. The van der Waals surface area contributed by atoms with Gasteiger partial charge in [0.1, 0.15) is 17.8 Å². The molecule has 0 fully saturated rings. The van der Waals surface area contributed by atoms with Crippen molar-refractivity contribution < 1.29 is 48.8 Å². The number of aliphatic carboxylic acids is 3. The van der Waals surface area contributed by atoms with E-state index in [1.807, 2.05) is 31.2 Å². The van der Waals surface area contributed by atoms with Crippen molar-refractivity contribution in [2.24, 2.45) is 0 Å². The van der Waals surface area contributed by atoms with E-state index in [-0.39, 0.29) is 24.1 Å². The van der Waals surface area contributed by atoms with Gasteiger partial charge in [0, 0.05) is 13.0 Å². The van der Waals surface area contributed by atoms with Crippen molar-refractivity contribution in [3.05, 3.63) is 59.7 Å². The van der Waals surface area contributed by atoms with Crippen LogP contribution in [0.4, 0.5) is 0 Å². The summed E-state index contributed by atoms with van der Waals surface area (Å²) in [6.45, 7) is 5.76. The van der Waals surface area contributed by atoms with Gasteiger partial charge in [-0.05, 0) is 69.6 Å². The van der Waals surface area contributed by atoms with Gasteiger partial charge in [-0.15, -0.1) is 0 Å². The molecule has 13 nitrogen and oxygen atoms in total. The van der Waals surface area contributed by atoms with Gasteiger partial charge in [-0.3, -0.25) is 9.59 Å². The number of nitrogens with one attached hydrogen (secondary N) is 3. The Morgan fingerprint density at radius 1 is 0.867 bits per heavy atom. The third-order valence-corrected chi connectivity index (χ3v) is 5.92. The van der Waals surface area contributed by atoms with E-state index in [0.717, 1.165) is 36.1 Å². The van der Waals surface area contributed by atoms with Crippen LogP contribution in [0.25, 0.3) is 0 Å². The van der Waals surface area contributed by atoms with Crippen LogP contribution in [-0.2, 0) is 30.4 Å². The molecule has 0 saturated carbocycles. The molecular formula is C32H47N3O10. The van der Waals surface area contributed by atoms with Gasteiger partial charge >= 0.3 is 17.9 Å². The molecule has 0 spiro atoms. The van der Waals surface area contributed by atoms with E-state index in [0.29, 0.717) is 25.9 Å². The molecule has 0 aromatic heterocycles. The van der Waals surface area contributed by atoms with Gasteiger partial charge in [0.25, 0.3) is 6.10 Å². The van der Waals surface area contributed by atoms with Crippen LogP contribution >= 0.6 is 0 Å². The monoisotopic (exact) mass is 633 g/mol. The fourth-order valence-electron chi connectivity index (χ4n) is 3.50. The molecule has 0 radical (unpaired) electrons. The third-order valence-electron chi connectivity index (χ3n) is 5.92. The second kappa shape index (κ2) is 24.9. The second-order valence-corrected chi connectivity index (χ2v) is 9.82. The lowest BCUT2D eigenvalue weighted by Crippen LogP contribution is -2.35. The lowest BCUT2D eigenvalue weighted by Gasteiger charge is -2.12. The number of unbranched alkanes of at least 4 members (excludes halogenated alkanes) is 2. The number of carbonyl (C=O) groups excluding carboxylic acids is 2. The molecule has 0 heterocycles. The number of amides is 1. The van der Waals surface area contributed by atoms with Crippen molar-refractivity contribution in [2.75, 3.05) is 33.8 Å². The molecule has 2 aromatic carbocycles. The molecule has 2 rings (SSSR count). The number of ether oxygens (including phenoxy) is 2. The summed E-state index contributed by atoms with van der Waals surface area (Å²) < 4.78 is 9.85. The first-order valence-electron chi connectivity index (χ1n) is 14.6. The van der Waals surface area contributed by atoms with Gasteiger partial charge in [0.15, 0.2) is 0 Å². The van der Waals surface area contributed by atoms with Crippen molar-refractivity contribution in [1.82, 2.24) is 16.0 Å². The minimum atomic E-state index is -1.87. The normalized spacial score (nSPS) is 10.7. The molecule has 0 bridgehead atoms. The quantitative estimate of drug-likeness (QED) is 0.0752. The number of carboxylic acids is 3. The molecule has 1 amide bonds. The standard InChI is InChI=1S/C14H19NO4.C10H10O5.C8H18N2O/c1-19-13-6-4-11(5-7-13)9-12(10-16)15-8-2-3-14(17)18;1-6-2-4-7(5-3-6)15-8(9(11)12)10(13)14;1-3-4-5-6-10-8(11)7-9-2/h4-7,10,12,15H,2-3,8-9H2,1H3,(H,17,18);2-5,8H,1H3,(H,11,12)(H,13,14);9H,3-7H2,1-2H3,(H,10,11)/t12-;;/m0../s1. The summed E-state index contributed by atoms with van der Waals surface area (Å²) in [5.74, 6) is -2.79. The molecule has 0 unspecified atom stereocenters. The van der Waals surface area contributed by atoms with E-state index in [1.165, 1.54) is 25.0 Å². The summed E-state index contributed by atoms with van der Waals surface area (Å²) >= 11 is 0. The zero-order valence-electron chi connectivity index (χ0n) is 26.4. The van der Waals surface area contributed by atoms with Crippen LogP contribution in [0.15, 0.2) is 48.5 Å². The number of aldehydes is 1. The minimum absolute atomic E-state index is 0.0867. The average Bonchev–Trinajstić information content (AvgIpc) is 3.01. The maximum Gasteiger partial charge on any atom is 0.356 e. The Bertz CT molecular complexity index is 1130. The molecule has 0 aliphatic carbocycles. The van der Waals surface area contributed by atoms with Crippen LogP contribution in [0.5, 0.6) is 11.5 Å². The molecule has 250 valence electrons. The topological polar surface area (TPSA) is 201 Å². The summed E-state index contributed by atoms with van der Waals surface area (Å²) in [5, 5.41) is 34.3. The molecule has 2 aromatic rings. The molecule has 45 heavy (non-hydrogen) atoms. The number of carbonyl (C=O) groups is 5. The lowest BCUT2D eigenvalue weighted by atomic mass is 10.1. The summed E-state index contributed by atoms with van der Waals surface area (Å²) in [5.41, 5.74) is 2.01. The van der Waals surface area contributed by atoms with Crippen LogP contribution in [0, 0.1) is 6.92 Å². The summed E-state index contributed by atoms with van der Waals surface area (Å²) in [6.07, 6.45) is 3.68. The number of likely N-dealkylation sites (N-methyl/N-ethyl adjacent to an activating group) is 1. The minimum Gasteiger partial charge on any atom is -0.497 e. The Labute approximate surface area is 264 Å². The molecule has 0 aliphatic rings. The number of hydrogen-bond acceptors (Lipinski definition) is 9. The molecule has 13 heteroatoms. The van der Waals surface area contributed by atoms with E-state index in [1.54, 1.807) is 26.3 Å².